The topological polar surface area (TPSA) is 12.9 Å². The van der Waals surface area contributed by atoms with Crippen molar-refractivity contribution in [3.05, 3.63) is 59.2 Å². The van der Waals surface area contributed by atoms with E-state index in [2.05, 4.69) is 45.2 Å². The predicted octanol–water partition coefficient (Wildman–Crippen LogP) is 5.01. The Hall–Kier alpha value is -0.510. The number of pyridine rings is 1. The quantitative estimate of drug-likeness (QED) is 0.560. The van der Waals surface area contributed by atoms with Gasteiger partial charge in [-0.25, -0.2) is 4.98 Å². The third-order valence-electron chi connectivity index (χ3n) is 2.60. The lowest BCUT2D eigenvalue weighted by molar-refractivity contribution is 0.900. The first kappa shape index (κ1) is 13.9. The Morgan fingerprint density at radius 3 is 2.61 bits per heavy atom. The highest BCUT2D eigenvalue weighted by Crippen LogP contribution is 2.30. The molecule has 2 aromatic rings. The monoisotopic (exact) mass is 341 g/mol. The fourth-order valence-corrected chi connectivity index (χ4v) is 3.81. The van der Waals surface area contributed by atoms with Gasteiger partial charge < -0.3 is 0 Å². The highest BCUT2D eigenvalue weighted by atomic mass is 79.9. The zero-order valence-corrected chi connectivity index (χ0v) is 12.9. The molecule has 0 fully saturated rings. The van der Waals surface area contributed by atoms with E-state index >= 15 is 0 Å². The molecule has 1 aromatic carbocycles. The van der Waals surface area contributed by atoms with Crippen molar-refractivity contribution in [3.63, 3.8) is 0 Å². The van der Waals surface area contributed by atoms with Crippen molar-refractivity contribution in [2.45, 2.75) is 10.9 Å². The Labute approximate surface area is 125 Å². The van der Waals surface area contributed by atoms with E-state index in [0.29, 0.717) is 5.92 Å². The molecule has 0 saturated heterocycles. The summed E-state index contributed by atoms with van der Waals surface area (Å²) in [5.74, 6) is 1.43. The second-order valence-corrected chi connectivity index (χ2v) is 5.93. The molecule has 0 bridgehead atoms. The highest BCUT2D eigenvalue weighted by Gasteiger charge is 2.11. The molecule has 1 nitrogen and oxygen atoms in total. The van der Waals surface area contributed by atoms with Crippen LogP contribution in [0.5, 0.6) is 0 Å². The number of nitrogens with zero attached hydrogens (tertiary/aromatic N) is 1. The smallest absolute Gasteiger partial charge is 0.115 e. The van der Waals surface area contributed by atoms with Crippen LogP contribution >= 0.6 is 39.3 Å². The van der Waals surface area contributed by atoms with Crippen LogP contribution in [0.15, 0.2) is 53.7 Å². The number of hydrogen-bond acceptors (Lipinski definition) is 2. The fourth-order valence-electron chi connectivity index (χ4n) is 1.61. The molecule has 0 saturated carbocycles. The van der Waals surface area contributed by atoms with Crippen LogP contribution in [0.4, 0.5) is 0 Å². The minimum absolute atomic E-state index is 0.467. The van der Waals surface area contributed by atoms with Crippen LogP contribution in [0, 0.1) is 0 Å². The van der Waals surface area contributed by atoms with E-state index in [1.165, 1.54) is 5.56 Å². The molecule has 1 heterocycles. The molecule has 0 N–H and O–H groups in total. The van der Waals surface area contributed by atoms with Gasteiger partial charge in [0, 0.05) is 23.2 Å². The maximum absolute atomic E-state index is 6.10. The number of hydrogen-bond donors (Lipinski definition) is 0. The molecule has 0 aliphatic rings. The van der Waals surface area contributed by atoms with Crippen LogP contribution in [0.25, 0.3) is 0 Å². The highest BCUT2D eigenvalue weighted by molar-refractivity contribution is 9.09. The van der Waals surface area contributed by atoms with Gasteiger partial charge in [-0.15, -0.1) is 11.8 Å². The lowest BCUT2D eigenvalue weighted by Gasteiger charge is -2.14. The summed E-state index contributed by atoms with van der Waals surface area (Å²) in [5, 5.41) is 2.57. The molecule has 0 spiro atoms. The fraction of sp³-hybridized carbons (Fsp3) is 0.214. The van der Waals surface area contributed by atoms with Crippen LogP contribution in [-0.2, 0) is 0 Å². The molecule has 4 heteroatoms. The third kappa shape index (κ3) is 3.74. The van der Waals surface area contributed by atoms with Gasteiger partial charge >= 0.3 is 0 Å². The van der Waals surface area contributed by atoms with Gasteiger partial charge in [0.05, 0.1) is 5.02 Å². The van der Waals surface area contributed by atoms with Crippen molar-refractivity contribution in [2.75, 3.05) is 11.1 Å². The van der Waals surface area contributed by atoms with Crippen molar-refractivity contribution in [1.82, 2.24) is 4.98 Å². The summed E-state index contributed by atoms with van der Waals surface area (Å²) in [6.45, 7) is 0. The van der Waals surface area contributed by atoms with Crippen molar-refractivity contribution < 1.29 is 0 Å². The van der Waals surface area contributed by atoms with Crippen LogP contribution in [0.2, 0.25) is 5.02 Å². The zero-order valence-electron chi connectivity index (χ0n) is 9.72. The summed E-state index contributed by atoms with van der Waals surface area (Å²) in [6.07, 6.45) is 1.78. The number of thioether (sulfide) groups is 1. The summed E-state index contributed by atoms with van der Waals surface area (Å²) in [4.78, 5) is 4.29. The van der Waals surface area contributed by atoms with E-state index in [1.54, 1.807) is 18.0 Å². The average Bonchev–Trinajstić information content (AvgIpc) is 2.42. The number of benzene rings is 1. The molecular formula is C14H13BrClNS. The molecule has 0 aliphatic heterocycles. The van der Waals surface area contributed by atoms with Crippen LogP contribution in [-0.4, -0.2) is 16.1 Å². The van der Waals surface area contributed by atoms with Crippen LogP contribution in [0.1, 0.15) is 11.5 Å². The maximum Gasteiger partial charge on any atom is 0.115 e. The van der Waals surface area contributed by atoms with Crippen LogP contribution < -0.4 is 0 Å². The summed E-state index contributed by atoms with van der Waals surface area (Å²) in [7, 11) is 0. The van der Waals surface area contributed by atoms with E-state index in [9.17, 15) is 0 Å². The van der Waals surface area contributed by atoms with Gasteiger partial charge in [0.25, 0.3) is 0 Å². The summed E-state index contributed by atoms with van der Waals surface area (Å²) >= 11 is 11.4. The SMILES string of the molecule is Clc1cccnc1SCC(CBr)c1ccccc1. The molecule has 94 valence electrons. The Morgan fingerprint density at radius 2 is 1.94 bits per heavy atom. The summed E-state index contributed by atoms with van der Waals surface area (Å²) in [6, 6.07) is 14.2. The lowest BCUT2D eigenvalue weighted by Crippen LogP contribution is -2.03. The number of aromatic nitrogens is 1. The van der Waals surface area contributed by atoms with Gasteiger partial charge in [0.2, 0.25) is 0 Å². The van der Waals surface area contributed by atoms with Gasteiger partial charge in [-0.05, 0) is 17.7 Å². The van der Waals surface area contributed by atoms with Crippen molar-refractivity contribution in [1.29, 1.82) is 0 Å². The molecule has 0 radical (unpaired) electrons. The minimum Gasteiger partial charge on any atom is -0.248 e. The average molecular weight is 343 g/mol. The number of alkyl halides is 1. The van der Waals surface area contributed by atoms with Gasteiger partial charge in [0.1, 0.15) is 5.03 Å². The molecule has 1 aromatic heterocycles. The Bertz CT molecular complexity index is 492. The molecule has 1 unspecified atom stereocenters. The van der Waals surface area contributed by atoms with E-state index in [1.807, 2.05) is 18.2 Å². The molecular weight excluding hydrogens is 330 g/mol. The van der Waals surface area contributed by atoms with Crippen molar-refractivity contribution >= 4 is 39.3 Å². The molecule has 18 heavy (non-hydrogen) atoms. The van der Waals surface area contributed by atoms with E-state index in [0.717, 1.165) is 21.1 Å². The Kier molecular flexibility index (Phi) is 5.54. The number of halogens is 2. The first-order chi connectivity index (χ1) is 8.81. The van der Waals surface area contributed by atoms with Crippen molar-refractivity contribution in [3.8, 4) is 0 Å². The number of rotatable bonds is 5. The minimum atomic E-state index is 0.467. The van der Waals surface area contributed by atoms with E-state index in [4.69, 9.17) is 11.6 Å². The lowest BCUT2D eigenvalue weighted by atomic mass is 10.0. The normalized spacial score (nSPS) is 12.3. The summed E-state index contributed by atoms with van der Waals surface area (Å²) in [5.41, 5.74) is 1.34. The molecule has 2 rings (SSSR count). The van der Waals surface area contributed by atoms with Crippen LogP contribution in [0.3, 0.4) is 0 Å². The van der Waals surface area contributed by atoms with E-state index in [-0.39, 0.29) is 0 Å². The summed E-state index contributed by atoms with van der Waals surface area (Å²) < 4.78 is 0. The molecule has 0 aliphatic carbocycles. The first-order valence-electron chi connectivity index (χ1n) is 5.65. The largest absolute Gasteiger partial charge is 0.248 e. The first-order valence-corrected chi connectivity index (χ1v) is 8.14. The third-order valence-corrected chi connectivity index (χ3v) is 4.97. The Balaban J connectivity index is 2.02. The van der Waals surface area contributed by atoms with Gasteiger partial charge in [-0.2, -0.15) is 0 Å². The maximum atomic E-state index is 6.10. The van der Waals surface area contributed by atoms with Crippen molar-refractivity contribution in [2.24, 2.45) is 0 Å². The van der Waals surface area contributed by atoms with Gasteiger partial charge in [-0.3, -0.25) is 0 Å². The molecule has 0 amide bonds. The predicted molar refractivity (Wildman–Crippen MR) is 82.9 cm³/mol. The standard InChI is InChI=1S/C14H13BrClNS/c15-9-12(11-5-2-1-3-6-11)10-18-14-13(16)7-4-8-17-14/h1-8,12H,9-10H2. The van der Waals surface area contributed by atoms with Gasteiger partial charge in [0.15, 0.2) is 0 Å². The zero-order chi connectivity index (χ0) is 12.8. The molecule has 1 atom stereocenters. The Morgan fingerprint density at radius 1 is 1.17 bits per heavy atom. The second kappa shape index (κ2) is 7.17. The van der Waals surface area contributed by atoms with E-state index < -0.39 is 0 Å². The van der Waals surface area contributed by atoms with Gasteiger partial charge in [-0.1, -0.05) is 57.9 Å². The second-order valence-electron chi connectivity index (χ2n) is 3.86.